The second-order valence-corrected chi connectivity index (χ2v) is 5.05. The van der Waals surface area contributed by atoms with Gasteiger partial charge in [-0.15, -0.1) is 0 Å². The molecule has 1 amide bonds. The molecule has 1 aromatic carbocycles. The third-order valence-electron chi connectivity index (χ3n) is 2.42. The van der Waals surface area contributed by atoms with Gasteiger partial charge in [0.05, 0.1) is 0 Å². The van der Waals surface area contributed by atoms with Crippen LogP contribution in [0.5, 0.6) is 5.75 Å². The molecule has 0 saturated carbocycles. The molecule has 4 heteroatoms. The van der Waals surface area contributed by atoms with Crippen molar-refractivity contribution in [2.24, 2.45) is 5.92 Å². The first-order valence-corrected chi connectivity index (χ1v) is 6.60. The summed E-state index contributed by atoms with van der Waals surface area (Å²) in [6.45, 7) is 6.69. The maximum atomic E-state index is 11.9. The van der Waals surface area contributed by atoms with Crippen LogP contribution < -0.4 is 10.1 Å². The minimum absolute atomic E-state index is 0.0776. The van der Waals surface area contributed by atoms with Crippen molar-refractivity contribution in [3.8, 4) is 5.75 Å². The van der Waals surface area contributed by atoms with Crippen LogP contribution in [-0.2, 0) is 4.79 Å². The highest BCUT2D eigenvalue weighted by atomic mass is 35.5. The number of hydrogen-bond acceptors (Lipinski definition) is 2. The first-order valence-electron chi connectivity index (χ1n) is 6.22. The Morgan fingerprint density at radius 2 is 2.17 bits per heavy atom. The van der Waals surface area contributed by atoms with E-state index < -0.39 is 6.10 Å². The number of carbonyl (C=O) groups is 1. The van der Waals surface area contributed by atoms with Gasteiger partial charge in [0, 0.05) is 11.6 Å². The number of benzene rings is 1. The lowest BCUT2D eigenvalue weighted by Gasteiger charge is -2.18. The first kappa shape index (κ1) is 14.8. The van der Waals surface area contributed by atoms with E-state index in [1.165, 1.54) is 0 Å². The van der Waals surface area contributed by atoms with E-state index >= 15 is 0 Å². The Kier molecular flexibility index (Phi) is 5.99. The van der Waals surface area contributed by atoms with Gasteiger partial charge in [-0.1, -0.05) is 38.4 Å². The van der Waals surface area contributed by atoms with Crippen LogP contribution in [0.4, 0.5) is 0 Å². The van der Waals surface area contributed by atoms with E-state index in [1.54, 1.807) is 24.3 Å². The molecule has 0 aliphatic carbocycles. The van der Waals surface area contributed by atoms with Crippen LogP contribution in [0.3, 0.4) is 0 Å². The third-order valence-corrected chi connectivity index (χ3v) is 2.66. The Morgan fingerprint density at radius 1 is 1.44 bits per heavy atom. The zero-order chi connectivity index (χ0) is 13.5. The van der Waals surface area contributed by atoms with E-state index in [1.807, 2.05) is 6.92 Å². The van der Waals surface area contributed by atoms with E-state index in [-0.39, 0.29) is 5.91 Å². The number of ether oxygens (including phenoxy) is 1. The maximum Gasteiger partial charge on any atom is 0.261 e. The highest BCUT2D eigenvalue weighted by Crippen LogP contribution is 2.19. The van der Waals surface area contributed by atoms with Crippen molar-refractivity contribution in [2.45, 2.75) is 33.3 Å². The summed E-state index contributed by atoms with van der Waals surface area (Å²) in [5.41, 5.74) is 0. The van der Waals surface area contributed by atoms with E-state index in [9.17, 15) is 4.79 Å². The van der Waals surface area contributed by atoms with E-state index in [2.05, 4.69) is 19.2 Å². The van der Waals surface area contributed by atoms with Crippen LogP contribution in [-0.4, -0.2) is 18.6 Å². The van der Waals surface area contributed by atoms with E-state index in [4.69, 9.17) is 16.3 Å². The van der Waals surface area contributed by atoms with Crippen LogP contribution >= 0.6 is 11.6 Å². The minimum Gasteiger partial charge on any atom is -0.481 e. The van der Waals surface area contributed by atoms with Crippen molar-refractivity contribution in [2.75, 3.05) is 6.54 Å². The summed E-state index contributed by atoms with van der Waals surface area (Å²) in [6.07, 6.45) is 0.151. The van der Waals surface area contributed by atoms with Gasteiger partial charge >= 0.3 is 0 Å². The lowest BCUT2D eigenvalue weighted by Crippen LogP contribution is -2.39. The summed E-state index contributed by atoms with van der Waals surface area (Å²) >= 11 is 5.87. The maximum absolute atomic E-state index is 11.9. The molecular formula is C14H20ClNO2. The average molecular weight is 270 g/mol. The molecule has 1 rings (SSSR count). The molecule has 1 atom stereocenters. The van der Waals surface area contributed by atoms with Crippen LogP contribution in [0.2, 0.25) is 5.02 Å². The lowest BCUT2D eigenvalue weighted by molar-refractivity contribution is -0.128. The second kappa shape index (κ2) is 7.27. The molecule has 0 spiro atoms. The van der Waals surface area contributed by atoms with Crippen LogP contribution in [0, 0.1) is 5.92 Å². The summed E-state index contributed by atoms with van der Waals surface area (Å²) in [5.74, 6) is 0.970. The molecule has 1 aromatic rings. The van der Waals surface area contributed by atoms with Gasteiger partial charge < -0.3 is 10.1 Å². The van der Waals surface area contributed by atoms with Gasteiger partial charge in [0.1, 0.15) is 5.75 Å². The Hall–Kier alpha value is -1.22. The topological polar surface area (TPSA) is 38.3 Å². The molecular weight excluding hydrogens is 250 g/mol. The number of carbonyl (C=O) groups excluding carboxylic acids is 1. The van der Waals surface area contributed by atoms with Gasteiger partial charge in [-0.3, -0.25) is 4.79 Å². The molecule has 0 aliphatic rings. The van der Waals surface area contributed by atoms with Crippen molar-refractivity contribution in [3.05, 3.63) is 29.3 Å². The van der Waals surface area contributed by atoms with Crippen LogP contribution in [0.15, 0.2) is 24.3 Å². The SMILES string of the molecule is CC[C@H](Oc1cccc(Cl)c1)C(=O)NCC(C)C. The van der Waals surface area contributed by atoms with Crippen molar-refractivity contribution in [1.82, 2.24) is 5.32 Å². The molecule has 0 aliphatic heterocycles. The predicted molar refractivity (Wildman–Crippen MR) is 74.0 cm³/mol. The standard InChI is InChI=1S/C14H20ClNO2/c1-4-13(14(17)16-9-10(2)3)18-12-7-5-6-11(15)8-12/h5-8,10,13H,4,9H2,1-3H3,(H,16,17)/t13-/m0/s1. The lowest BCUT2D eigenvalue weighted by atomic mass is 10.2. The summed E-state index contributed by atoms with van der Waals surface area (Å²) in [4.78, 5) is 11.9. The quantitative estimate of drug-likeness (QED) is 0.861. The highest BCUT2D eigenvalue weighted by molar-refractivity contribution is 6.30. The summed E-state index contributed by atoms with van der Waals surface area (Å²) in [5, 5.41) is 3.47. The first-order chi connectivity index (χ1) is 8.52. The molecule has 100 valence electrons. The van der Waals surface area contributed by atoms with Gasteiger partial charge in [-0.2, -0.15) is 0 Å². The van der Waals surface area contributed by atoms with Gasteiger partial charge in [0.2, 0.25) is 0 Å². The van der Waals surface area contributed by atoms with Crippen molar-refractivity contribution >= 4 is 17.5 Å². The zero-order valence-electron chi connectivity index (χ0n) is 11.1. The zero-order valence-corrected chi connectivity index (χ0v) is 11.8. The number of halogens is 1. The van der Waals surface area contributed by atoms with Crippen LogP contribution in [0.1, 0.15) is 27.2 Å². The molecule has 0 aromatic heterocycles. The van der Waals surface area contributed by atoms with Gasteiger partial charge in [0.15, 0.2) is 6.10 Å². The molecule has 0 bridgehead atoms. The number of rotatable bonds is 6. The Balaban J connectivity index is 2.58. The molecule has 0 saturated heterocycles. The predicted octanol–water partition coefficient (Wildman–Crippen LogP) is 3.27. The monoisotopic (exact) mass is 269 g/mol. The molecule has 18 heavy (non-hydrogen) atoms. The largest absolute Gasteiger partial charge is 0.481 e. The van der Waals surface area contributed by atoms with Gasteiger partial charge in [-0.05, 0) is 30.5 Å². The summed E-state index contributed by atoms with van der Waals surface area (Å²) in [7, 11) is 0. The smallest absolute Gasteiger partial charge is 0.261 e. The molecule has 0 radical (unpaired) electrons. The third kappa shape index (κ3) is 4.96. The van der Waals surface area contributed by atoms with Crippen LogP contribution in [0.25, 0.3) is 0 Å². The fraction of sp³-hybridized carbons (Fsp3) is 0.500. The van der Waals surface area contributed by atoms with Crippen molar-refractivity contribution in [1.29, 1.82) is 0 Å². The number of amides is 1. The number of hydrogen-bond donors (Lipinski definition) is 1. The molecule has 0 unspecified atom stereocenters. The second-order valence-electron chi connectivity index (χ2n) is 4.61. The van der Waals surface area contributed by atoms with Gasteiger partial charge in [-0.25, -0.2) is 0 Å². The number of nitrogens with one attached hydrogen (secondary N) is 1. The van der Waals surface area contributed by atoms with Gasteiger partial charge in [0.25, 0.3) is 5.91 Å². The summed E-state index contributed by atoms with van der Waals surface area (Å²) in [6, 6.07) is 7.08. The van der Waals surface area contributed by atoms with E-state index in [0.717, 1.165) is 0 Å². The average Bonchev–Trinajstić information content (AvgIpc) is 2.33. The summed E-state index contributed by atoms with van der Waals surface area (Å²) < 4.78 is 5.64. The fourth-order valence-electron chi connectivity index (χ4n) is 1.45. The van der Waals surface area contributed by atoms with Crippen molar-refractivity contribution in [3.63, 3.8) is 0 Å². The molecule has 0 heterocycles. The Bertz CT molecular complexity index is 393. The Morgan fingerprint density at radius 3 is 2.72 bits per heavy atom. The molecule has 0 fully saturated rings. The normalized spacial score (nSPS) is 12.3. The molecule has 3 nitrogen and oxygen atoms in total. The fourth-order valence-corrected chi connectivity index (χ4v) is 1.63. The van der Waals surface area contributed by atoms with Crippen molar-refractivity contribution < 1.29 is 9.53 Å². The van der Waals surface area contributed by atoms with E-state index in [0.29, 0.717) is 29.7 Å². The minimum atomic E-state index is -0.470. The molecule has 1 N–H and O–H groups in total. The highest BCUT2D eigenvalue weighted by Gasteiger charge is 2.18. The Labute approximate surface area is 113 Å².